The minimum absolute atomic E-state index is 0.0868. The Balaban J connectivity index is 1.43. The van der Waals surface area contributed by atoms with E-state index in [1.807, 2.05) is 6.07 Å². The molecule has 0 radical (unpaired) electrons. The molecule has 2 aromatic carbocycles. The molecular formula is C29H29ClFN7O. The molecule has 2 aromatic heterocycles. The Bertz CT molecular complexity index is 1620. The van der Waals surface area contributed by atoms with Gasteiger partial charge in [0, 0.05) is 29.9 Å². The molecule has 39 heavy (non-hydrogen) atoms. The van der Waals surface area contributed by atoms with Crippen molar-refractivity contribution in [1.29, 1.82) is 5.26 Å². The van der Waals surface area contributed by atoms with Crippen LogP contribution in [0.25, 0.3) is 10.9 Å². The van der Waals surface area contributed by atoms with Gasteiger partial charge in [0.25, 0.3) is 0 Å². The molecule has 1 aliphatic carbocycles. The molecular weight excluding hydrogens is 517 g/mol. The zero-order valence-corrected chi connectivity index (χ0v) is 22.5. The number of anilines is 2. The number of rotatable bonds is 7. The van der Waals surface area contributed by atoms with Crippen LogP contribution in [-0.2, 0) is 4.74 Å². The van der Waals surface area contributed by atoms with Crippen molar-refractivity contribution in [1.82, 2.24) is 20.0 Å². The summed E-state index contributed by atoms with van der Waals surface area (Å²) < 4.78 is 31.0. The number of nitriles is 1. The summed E-state index contributed by atoms with van der Waals surface area (Å²) in [5, 5.41) is 26.4. The summed E-state index contributed by atoms with van der Waals surface area (Å²) in [4.78, 5) is 4.47. The first-order valence-electron chi connectivity index (χ1n) is 13.5. The van der Waals surface area contributed by atoms with Gasteiger partial charge in [-0.2, -0.15) is 5.26 Å². The molecule has 10 heteroatoms. The van der Waals surface area contributed by atoms with Crippen LogP contribution in [0.15, 0.2) is 48.8 Å². The van der Waals surface area contributed by atoms with Crippen molar-refractivity contribution in [3.63, 3.8) is 0 Å². The SMILES string of the molecule is [2H][C@@](Nc1cc(Cl)c2ncc(C#N)c(NC3CCOC(C)(C)C3)c2c1)(c1ccc(F)cc1)c1cn(C2CC2)nn1. The smallest absolute Gasteiger partial charge is 0.123 e. The van der Waals surface area contributed by atoms with Gasteiger partial charge in [0.15, 0.2) is 0 Å². The summed E-state index contributed by atoms with van der Waals surface area (Å²) in [5.41, 5.74) is 2.66. The maximum Gasteiger partial charge on any atom is 0.123 e. The van der Waals surface area contributed by atoms with Crippen LogP contribution >= 0.6 is 11.6 Å². The molecule has 2 fully saturated rings. The number of hydrogen-bond acceptors (Lipinski definition) is 7. The summed E-state index contributed by atoms with van der Waals surface area (Å²) in [5.74, 6) is -0.399. The lowest BCUT2D eigenvalue weighted by Crippen LogP contribution is -2.40. The van der Waals surface area contributed by atoms with Gasteiger partial charge in [0.05, 0.1) is 47.0 Å². The number of hydrogen-bond donors (Lipinski definition) is 2. The molecule has 3 heterocycles. The van der Waals surface area contributed by atoms with Crippen LogP contribution in [0.3, 0.4) is 0 Å². The molecule has 1 saturated heterocycles. The first-order chi connectivity index (χ1) is 19.1. The number of nitrogens with one attached hydrogen (secondary N) is 2. The predicted octanol–water partition coefficient (Wildman–Crippen LogP) is 6.40. The Morgan fingerprint density at radius 2 is 2.05 bits per heavy atom. The Morgan fingerprint density at radius 3 is 2.77 bits per heavy atom. The highest BCUT2D eigenvalue weighted by atomic mass is 35.5. The third-order valence-corrected chi connectivity index (χ3v) is 7.47. The van der Waals surface area contributed by atoms with Crippen LogP contribution in [0.5, 0.6) is 0 Å². The molecule has 8 nitrogen and oxygen atoms in total. The monoisotopic (exact) mass is 546 g/mol. The van der Waals surface area contributed by atoms with Gasteiger partial charge in [-0.05, 0) is 69.4 Å². The van der Waals surface area contributed by atoms with E-state index in [1.54, 1.807) is 29.1 Å². The number of nitrogens with zero attached hydrogens (tertiary/aromatic N) is 5. The fourth-order valence-electron chi connectivity index (χ4n) is 5.08. The van der Waals surface area contributed by atoms with Crippen LogP contribution in [0.4, 0.5) is 15.8 Å². The van der Waals surface area contributed by atoms with Crippen molar-refractivity contribution in [2.24, 2.45) is 0 Å². The fraction of sp³-hybridized carbons (Fsp3) is 0.379. The van der Waals surface area contributed by atoms with Crippen LogP contribution in [0.2, 0.25) is 5.02 Å². The lowest BCUT2D eigenvalue weighted by Gasteiger charge is -2.36. The summed E-state index contributed by atoms with van der Waals surface area (Å²) in [7, 11) is 0. The topological polar surface area (TPSA) is 101 Å². The van der Waals surface area contributed by atoms with Crippen molar-refractivity contribution >= 4 is 33.9 Å². The average Bonchev–Trinajstić information content (AvgIpc) is 3.64. The van der Waals surface area contributed by atoms with Gasteiger partial charge in [-0.3, -0.25) is 4.98 Å². The van der Waals surface area contributed by atoms with E-state index in [9.17, 15) is 11.0 Å². The molecule has 1 saturated carbocycles. The quantitative estimate of drug-likeness (QED) is 0.277. The zero-order valence-electron chi connectivity index (χ0n) is 22.7. The minimum Gasteiger partial charge on any atom is -0.380 e. The molecule has 1 unspecified atom stereocenters. The van der Waals surface area contributed by atoms with Gasteiger partial charge in [0.1, 0.15) is 17.6 Å². The van der Waals surface area contributed by atoms with E-state index in [2.05, 4.69) is 45.8 Å². The molecule has 4 aromatic rings. The summed E-state index contributed by atoms with van der Waals surface area (Å²) in [6.45, 7) is 4.72. The van der Waals surface area contributed by atoms with Gasteiger partial charge in [0.2, 0.25) is 0 Å². The number of fused-ring (bicyclic) bond motifs is 1. The van der Waals surface area contributed by atoms with Gasteiger partial charge in [-0.25, -0.2) is 9.07 Å². The average molecular weight is 547 g/mol. The second-order valence-corrected chi connectivity index (χ2v) is 11.2. The molecule has 1 aliphatic heterocycles. The number of pyridine rings is 1. The third kappa shape index (κ3) is 5.40. The van der Waals surface area contributed by atoms with E-state index < -0.39 is 11.8 Å². The van der Waals surface area contributed by atoms with E-state index >= 15 is 0 Å². The van der Waals surface area contributed by atoms with E-state index in [-0.39, 0.29) is 17.7 Å². The Labute approximate surface area is 232 Å². The van der Waals surface area contributed by atoms with E-state index in [0.29, 0.717) is 50.7 Å². The number of ether oxygens (including phenoxy) is 1. The Morgan fingerprint density at radius 1 is 1.26 bits per heavy atom. The van der Waals surface area contributed by atoms with E-state index in [1.165, 1.54) is 18.3 Å². The number of aromatic nitrogens is 4. The van der Waals surface area contributed by atoms with Gasteiger partial charge in [-0.15, -0.1) is 5.10 Å². The van der Waals surface area contributed by atoms with Crippen molar-refractivity contribution < 1.29 is 10.5 Å². The predicted molar refractivity (Wildman–Crippen MR) is 148 cm³/mol. The lowest BCUT2D eigenvalue weighted by atomic mass is 9.93. The molecule has 200 valence electrons. The van der Waals surface area contributed by atoms with Crippen molar-refractivity contribution in [2.45, 2.75) is 63.2 Å². The van der Waals surface area contributed by atoms with Crippen LogP contribution < -0.4 is 10.6 Å². The number of benzene rings is 2. The van der Waals surface area contributed by atoms with Crippen LogP contribution in [0, 0.1) is 17.1 Å². The normalized spacial score (nSPS) is 20.6. The van der Waals surface area contributed by atoms with Crippen LogP contribution in [0.1, 0.15) is 69.8 Å². The lowest BCUT2D eigenvalue weighted by molar-refractivity contribution is -0.0553. The molecule has 2 atom stereocenters. The third-order valence-electron chi connectivity index (χ3n) is 7.18. The first kappa shape index (κ1) is 24.3. The molecule has 0 bridgehead atoms. The number of halogens is 2. The minimum atomic E-state index is -1.60. The second-order valence-electron chi connectivity index (χ2n) is 10.8. The van der Waals surface area contributed by atoms with Crippen molar-refractivity contribution in [3.8, 4) is 6.07 Å². The van der Waals surface area contributed by atoms with Crippen molar-refractivity contribution in [2.75, 3.05) is 17.2 Å². The Kier molecular flexibility index (Phi) is 6.30. The fourth-order valence-corrected chi connectivity index (χ4v) is 5.35. The second kappa shape index (κ2) is 10.1. The highest BCUT2D eigenvalue weighted by molar-refractivity contribution is 6.35. The van der Waals surface area contributed by atoms with Gasteiger partial charge in [-0.1, -0.05) is 28.9 Å². The summed E-state index contributed by atoms with van der Waals surface area (Å²) in [6.07, 6.45) is 6.89. The molecule has 0 amide bonds. The van der Waals surface area contributed by atoms with E-state index in [4.69, 9.17) is 16.3 Å². The van der Waals surface area contributed by atoms with Crippen LogP contribution in [-0.4, -0.2) is 38.2 Å². The van der Waals surface area contributed by atoms with Crippen molar-refractivity contribution in [3.05, 3.63) is 76.5 Å². The maximum atomic E-state index is 13.8. The first-order valence-corrected chi connectivity index (χ1v) is 13.4. The molecule has 2 aliphatic rings. The Hall–Kier alpha value is -3.74. The maximum absolute atomic E-state index is 13.8. The standard InChI is InChI=1S/C29H29ClFN7O/c1-29(2)13-20(9-10-39-29)34-26-18(14-32)15-33-28-23(26)11-21(12-24(28)30)35-27(17-3-5-19(31)6-4-17)25-16-38(37-36-25)22-7-8-22/h3-6,11-12,15-16,20,22,27,35H,7-10,13H2,1-2H3,(H,33,34)/t20?,27-/m1/s1/i27D. The van der Waals surface area contributed by atoms with Gasteiger partial charge < -0.3 is 15.4 Å². The zero-order chi connectivity index (χ0) is 28.1. The van der Waals surface area contributed by atoms with E-state index in [0.717, 1.165) is 25.7 Å². The summed E-state index contributed by atoms with van der Waals surface area (Å²) in [6, 6.07) is 10.3. The largest absolute Gasteiger partial charge is 0.380 e. The molecule has 2 N–H and O–H groups in total. The highest BCUT2D eigenvalue weighted by Crippen LogP contribution is 2.38. The highest BCUT2D eigenvalue weighted by Gasteiger charge is 2.30. The molecule has 0 spiro atoms. The summed E-state index contributed by atoms with van der Waals surface area (Å²) >= 11 is 6.74. The van der Waals surface area contributed by atoms with Gasteiger partial charge >= 0.3 is 0 Å². The molecule has 6 rings (SSSR count).